The quantitative estimate of drug-likeness (QED) is 0.629. The molecule has 0 radical (unpaired) electrons. The van der Waals surface area contributed by atoms with E-state index in [1.165, 1.54) is 17.4 Å². The van der Waals surface area contributed by atoms with Crippen molar-refractivity contribution in [2.24, 2.45) is 0 Å². The maximum atomic E-state index is 12.7. The van der Waals surface area contributed by atoms with Gasteiger partial charge in [-0.25, -0.2) is 13.4 Å². The number of benzene rings is 1. The molecular weight excluding hydrogens is 401 g/mol. The first-order valence-corrected chi connectivity index (χ1v) is 10.3. The van der Waals surface area contributed by atoms with Gasteiger partial charge in [-0.1, -0.05) is 0 Å². The van der Waals surface area contributed by atoms with Crippen LogP contribution in [0.1, 0.15) is 10.6 Å². The van der Waals surface area contributed by atoms with E-state index in [0.717, 1.165) is 24.0 Å². The van der Waals surface area contributed by atoms with Crippen LogP contribution in [-0.4, -0.2) is 31.0 Å². The smallest absolute Gasteiger partial charge is 0.405 e. The fourth-order valence-electron chi connectivity index (χ4n) is 2.35. The molecule has 0 atom stereocenters. The molecular formula is C17H13F3N2O3S2. The van der Waals surface area contributed by atoms with Gasteiger partial charge >= 0.3 is 6.36 Å². The monoisotopic (exact) mass is 414 g/mol. The first kappa shape index (κ1) is 19.3. The van der Waals surface area contributed by atoms with E-state index in [2.05, 4.69) is 14.7 Å². The van der Waals surface area contributed by atoms with Gasteiger partial charge in [0.05, 0.1) is 15.6 Å². The summed E-state index contributed by atoms with van der Waals surface area (Å²) in [6.07, 6.45) is -0.652. The number of aromatic nitrogens is 2. The second-order valence-corrected chi connectivity index (χ2v) is 8.59. The average Bonchev–Trinajstić information content (AvgIpc) is 3.03. The van der Waals surface area contributed by atoms with Crippen LogP contribution in [0.15, 0.2) is 53.0 Å². The normalized spacial score (nSPS) is 12.1. The van der Waals surface area contributed by atoms with Gasteiger partial charge in [-0.15, -0.1) is 24.5 Å². The summed E-state index contributed by atoms with van der Waals surface area (Å²) in [4.78, 5) is 8.31. The number of sulfone groups is 1. The summed E-state index contributed by atoms with van der Waals surface area (Å²) in [6.45, 7) is 0. The van der Waals surface area contributed by atoms with Crippen LogP contribution >= 0.6 is 11.3 Å². The SMILES string of the molecule is CS(=O)(=O)c1ccc(OC(F)(F)F)c(Cc2nc(-c3cccnc3)cs2)c1. The van der Waals surface area contributed by atoms with E-state index >= 15 is 0 Å². The lowest BCUT2D eigenvalue weighted by Crippen LogP contribution is -2.18. The van der Waals surface area contributed by atoms with Crippen molar-refractivity contribution >= 4 is 21.2 Å². The maximum Gasteiger partial charge on any atom is 0.573 e. The predicted octanol–water partition coefficient (Wildman–Crippen LogP) is 4.10. The van der Waals surface area contributed by atoms with Gasteiger partial charge in [-0.3, -0.25) is 4.98 Å². The number of ether oxygens (including phenoxy) is 1. The third kappa shape index (κ3) is 5.04. The molecule has 142 valence electrons. The van der Waals surface area contributed by atoms with Crippen LogP contribution in [0, 0.1) is 0 Å². The van der Waals surface area contributed by atoms with E-state index in [4.69, 9.17) is 0 Å². The van der Waals surface area contributed by atoms with Crippen molar-refractivity contribution < 1.29 is 26.3 Å². The molecule has 27 heavy (non-hydrogen) atoms. The Labute approximate surface area is 157 Å². The lowest BCUT2D eigenvalue weighted by atomic mass is 10.1. The molecule has 0 saturated heterocycles. The molecule has 0 aliphatic heterocycles. The summed E-state index contributed by atoms with van der Waals surface area (Å²) in [6, 6.07) is 6.84. The van der Waals surface area contributed by atoms with E-state index in [1.54, 1.807) is 23.8 Å². The maximum absolute atomic E-state index is 12.7. The first-order valence-electron chi connectivity index (χ1n) is 7.55. The van der Waals surface area contributed by atoms with E-state index < -0.39 is 21.9 Å². The number of hydrogen-bond donors (Lipinski definition) is 0. The molecule has 0 unspecified atom stereocenters. The van der Waals surface area contributed by atoms with Crippen molar-refractivity contribution in [3.05, 3.63) is 58.7 Å². The highest BCUT2D eigenvalue weighted by molar-refractivity contribution is 7.90. The number of pyridine rings is 1. The number of nitrogens with zero attached hydrogens (tertiary/aromatic N) is 2. The van der Waals surface area contributed by atoms with E-state index in [9.17, 15) is 21.6 Å². The third-order valence-electron chi connectivity index (χ3n) is 3.54. The number of rotatable bonds is 5. The van der Waals surface area contributed by atoms with Crippen molar-refractivity contribution in [1.29, 1.82) is 0 Å². The Hall–Kier alpha value is -2.46. The number of alkyl halides is 3. The Kier molecular flexibility index (Phi) is 5.20. The fourth-order valence-corrected chi connectivity index (χ4v) is 3.85. The minimum atomic E-state index is -4.88. The number of halogens is 3. The zero-order valence-electron chi connectivity index (χ0n) is 13.9. The van der Waals surface area contributed by atoms with Gasteiger partial charge in [-0.2, -0.15) is 0 Å². The van der Waals surface area contributed by atoms with Crippen LogP contribution in [0.2, 0.25) is 0 Å². The Morgan fingerprint density at radius 1 is 1.22 bits per heavy atom. The van der Waals surface area contributed by atoms with Gasteiger partial charge in [0, 0.05) is 41.6 Å². The fraction of sp³-hybridized carbons (Fsp3) is 0.176. The molecule has 1 aromatic carbocycles. The second-order valence-electron chi connectivity index (χ2n) is 5.63. The standard InChI is InChI=1S/C17H13F3N2O3S2/c1-27(23,24)13-4-5-15(25-17(18,19)20)12(7-13)8-16-22-14(10-26-16)11-3-2-6-21-9-11/h2-7,9-10H,8H2,1H3. The first-order chi connectivity index (χ1) is 12.6. The molecule has 3 rings (SSSR count). The molecule has 3 aromatic rings. The minimum Gasteiger partial charge on any atom is -0.405 e. The molecule has 0 N–H and O–H groups in total. The summed E-state index contributed by atoms with van der Waals surface area (Å²) in [5, 5.41) is 2.28. The van der Waals surface area contributed by atoms with Crippen LogP contribution < -0.4 is 4.74 Å². The largest absolute Gasteiger partial charge is 0.573 e. The summed E-state index contributed by atoms with van der Waals surface area (Å²) in [7, 11) is -3.58. The van der Waals surface area contributed by atoms with Crippen LogP contribution in [0.4, 0.5) is 13.2 Å². The zero-order valence-corrected chi connectivity index (χ0v) is 15.5. The van der Waals surface area contributed by atoms with Crippen molar-refractivity contribution in [1.82, 2.24) is 9.97 Å². The van der Waals surface area contributed by atoms with E-state index in [0.29, 0.717) is 10.7 Å². The lowest BCUT2D eigenvalue weighted by Gasteiger charge is -2.13. The average molecular weight is 414 g/mol. The van der Waals surface area contributed by atoms with Gasteiger partial charge in [-0.05, 0) is 30.3 Å². The third-order valence-corrected chi connectivity index (χ3v) is 5.50. The summed E-state index contributed by atoms with van der Waals surface area (Å²) in [5.41, 5.74) is 1.50. The Morgan fingerprint density at radius 3 is 2.63 bits per heavy atom. The van der Waals surface area contributed by atoms with Crippen molar-refractivity contribution in [2.45, 2.75) is 17.7 Å². The molecule has 0 spiro atoms. The Morgan fingerprint density at radius 2 is 2.00 bits per heavy atom. The molecule has 0 aliphatic rings. The molecule has 0 amide bonds. The van der Waals surface area contributed by atoms with Gasteiger partial charge in [0.1, 0.15) is 5.75 Å². The highest BCUT2D eigenvalue weighted by atomic mass is 32.2. The predicted molar refractivity (Wildman–Crippen MR) is 94.4 cm³/mol. The molecule has 2 heterocycles. The molecule has 0 fully saturated rings. The molecule has 0 aliphatic carbocycles. The lowest BCUT2D eigenvalue weighted by molar-refractivity contribution is -0.274. The Balaban J connectivity index is 1.96. The molecule has 5 nitrogen and oxygen atoms in total. The minimum absolute atomic E-state index is 0.000295. The van der Waals surface area contributed by atoms with Crippen LogP contribution in [-0.2, 0) is 16.3 Å². The van der Waals surface area contributed by atoms with Crippen molar-refractivity contribution in [3.63, 3.8) is 0 Å². The topological polar surface area (TPSA) is 69.2 Å². The number of hydrogen-bond acceptors (Lipinski definition) is 6. The van der Waals surface area contributed by atoms with Crippen LogP contribution in [0.3, 0.4) is 0 Å². The van der Waals surface area contributed by atoms with Crippen molar-refractivity contribution in [3.8, 4) is 17.0 Å². The zero-order chi connectivity index (χ0) is 19.7. The van der Waals surface area contributed by atoms with E-state index in [-0.39, 0.29) is 16.9 Å². The van der Waals surface area contributed by atoms with Crippen LogP contribution in [0.5, 0.6) is 5.75 Å². The Bertz CT molecular complexity index is 1050. The highest BCUT2D eigenvalue weighted by Gasteiger charge is 2.32. The van der Waals surface area contributed by atoms with Gasteiger partial charge in [0.2, 0.25) is 0 Å². The molecule has 2 aromatic heterocycles. The second kappa shape index (κ2) is 7.28. The summed E-state index contributed by atoms with van der Waals surface area (Å²) < 4.78 is 65.5. The van der Waals surface area contributed by atoms with Gasteiger partial charge in [0.25, 0.3) is 0 Å². The van der Waals surface area contributed by atoms with Crippen LogP contribution in [0.25, 0.3) is 11.3 Å². The number of thiazole rings is 1. The molecule has 0 saturated carbocycles. The molecule has 0 bridgehead atoms. The van der Waals surface area contributed by atoms with Crippen molar-refractivity contribution in [2.75, 3.05) is 6.26 Å². The molecule has 10 heteroatoms. The van der Waals surface area contributed by atoms with Gasteiger partial charge in [0.15, 0.2) is 9.84 Å². The summed E-state index contributed by atoms with van der Waals surface area (Å²) in [5.74, 6) is -0.451. The summed E-state index contributed by atoms with van der Waals surface area (Å²) >= 11 is 1.25. The van der Waals surface area contributed by atoms with Gasteiger partial charge < -0.3 is 4.74 Å². The highest BCUT2D eigenvalue weighted by Crippen LogP contribution is 2.31. The van der Waals surface area contributed by atoms with E-state index in [1.807, 2.05) is 6.07 Å².